The molecule has 0 saturated heterocycles. The van der Waals surface area contributed by atoms with Crippen LogP contribution in [0.5, 0.6) is 0 Å². The first kappa shape index (κ1) is 20.2. The van der Waals surface area contributed by atoms with Crippen LogP contribution < -0.4 is 4.72 Å². The average Bonchev–Trinajstić information content (AvgIpc) is 2.84. The van der Waals surface area contributed by atoms with Gasteiger partial charge in [0.1, 0.15) is 0 Å². The molecule has 1 aromatic carbocycles. The van der Waals surface area contributed by atoms with Gasteiger partial charge in [-0.2, -0.15) is 0 Å². The fourth-order valence-corrected chi connectivity index (χ4v) is 6.01. The van der Waals surface area contributed by atoms with E-state index in [9.17, 15) is 4.21 Å². The Balaban J connectivity index is 2.10. The van der Waals surface area contributed by atoms with Gasteiger partial charge in [-0.05, 0) is 76.1 Å². The van der Waals surface area contributed by atoms with Gasteiger partial charge in [-0.25, -0.2) is 8.93 Å². The summed E-state index contributed by atoms with van der Waals surface area (Å²) in [4.78, 5) is 0. The van der Waals surface area contributed by atoms with Crippen LogP contribution in [0.25, 0.3) is 0 Å². The van der Waals surface area contributed by atoms with E-state index in [2.05, 4.69) is 45.4 Å². The minimum Gasteiger partial charge on any atom is -0.381 e. The van der Waals surface area contributed by atoms with Gasteiger partial charge in [0.25, 0.3) is 0 Å². The highest BCUT2D eigenvalue weighted by Crippen LogP contribution is 2.59. The van der Waals surface area contributed by atoms with Crippen molar-refractivity contribution in [2.24, 2.45) is 5.41 Å². The second kappa shape index (κ2) is 7.16. The molecule has 1 spiro atoms. The fourth-order valence-electron chi connectivity index (χ4n) is 4.64. The van der Waals surface area contributed by atoms with Crippen LogP contribution in [0, 0.1) is 5.41 Å². The molecule has 3 rings (SSSR count). The Bertz CT molecular complexity index is 719. The van der Waals surface area contributed by atoms with Crippen molar-refractivity contribution in [3.05, 3.63) is 46.5 Å². The summed E-state index contributed by atoms with van der Waals surface area (Å²) < 4.78 is 23.0. The van der Waals surface area contributed by atoms with Crippen molar-refractivity contribution >= 4 is 26.9 Å². The fraction of sp³-hybridized carbons (Fsp3) is 0.619. The van der Waals surface area contributed by atoms with Gasteiger partial charge in [0.05, 0.1) is 27.4 Å². The highest BCUT2D eigenvalue weighted by molar-refractivity contribution is 9.10. The number of rotatable bonds is 4. The van der Waals surface area contributed by atoms with Gasteiger partial charge < -0.3 is 4.74 Å². The number of ether oxygens (including phenoxy) is 1. The number of fused-ring (bicyclic) bond motifs is 1. The zero-order chi connectivity index (χ0) is 19.2. The summed E-state index contributed by atoms with van der Waals surface area (Å²) in [7, 11) is 0.616. The molecular formula is C21H30BrNO2S. The van der Waals surface area contributed by atoms with E-state index in [1.54, 1.807) is 7.11 Å². The van der Waals surface area contributed by atoms with Gasteiger partial charge in [0, 0.05) is 17.0 Å². The summed E-state index contributed by atoms with van der Waals surface area (Å²) in [5.74, 6) is 0. The van der Waals surface area contributed by atoms with Crippen molar-refractivity contribution in [1.82, 2.24) is 4.72 Å². The van der Waals surface area contributed by atoms with Crippen LogP contribution in [0.2, 0.25) is 0 Å². The normalized spacial score (nSPS) is 32.4. The number of hydrogen-bond acceptors (Lipinski definition) is 2. The minimum absolute atomic E-state index is 0.00613. The lowest BCUT2D eigenvalue weighted by atomic mass is 9.62. The first-order chi connectivity index (χ1) is 12.2. The molecular weight excluding hydrogens is 410 g/mol. The highest BCUT2D eigenvalue weighted by Gasteiger charge is 2.58. The molecule has 2 unspecified atom stereocenters. The molecule has 1 saturated carbocycles. The lowest BCUT2D eigenvalue weighted by Crippen LogP contribution is -2.56. The summed E-state index contributed by atoms with van der Waals surface area (Å²) in [6.45, 7) is 10.3. The molecule has 0 radical (unpaired) electrons. The highest BCUT2D eigenvalue weighted by atomic mass is 79.9. The van der Waals surface area contributed by atoms with Gasteiger partial charge in [-0.1, -0.05) is 28.1 Å². The third-order valence-corrected chi connectivity index (χ3v) is 8.31. The average molecular weight is 440 g/mol. The third-order valence-electron chi connectivity index (χ3n) is 6.20. The molecule has 5 heteroatoms. The van der Waals surface area contributed by atoms with Crippen molar-refractivity contribution < 1.29 is 8.95 Å². The SMILES string of the molecule is C=CC1(NS(=O)C(C)(C)C)c2cc(Br)ccc2CC12CCC(OC)CC2. The van der Waals surface area contributed by atoms with Crippen molar-refractivity contribution in [2.45, 2.75) is 69.3 Å². The van der Waals surface area contributed by atoms with E-state index >= 15 is 0 Å². The van der Waals surface area contributed by atoms with Gasteiger partial charge >= 0.3 is 0 Å². The molecule has 1 fully saturated rings. The molecule has 2 aliphatic carbocycles. The summed E-state index contributed by atoms with van der Waals surface area (Å²) in [6, 6.07) is 6.49. The van der Waals surface area contributed by atoms with Gasteiger partial charge in [0.15, 0.2) is 0 Å². The molecule has 1 N–H and O–H groups in total. The zero-order valence-electron chi connectivity index (χ0n) is 16.2. The second-order valence-electron chi connectivity index (χ2n) is 8.69. The van der Waals surface area contributed by atoms with Crippen LogP contribution >= 0.6 is 15.9 Å². The first-order valence-corrected chi connectivity index (χ1v) is 11.3. The van der Waals surface area contributed by atoms with Gasteiger partial charge in [0.2, 0.25) is 0 Å². The van der Waals surface area contributed by atoms with Crippen LogP contribution in [0.1, 0.15) is 57.6 Å². The number of halogens is 1. The Morgan fingerprint density at radius 2 is 2.00 bits per heavy atom. The maximum absolute atomic E-state index is 13.1. The molecule has 0 aliphatic heterocycles. The number of benzene rings is 1. The van der Waals surface area contributed by atoms with E-state index < -0.39 is 16.5 Å². The van der Waals surface area contributed by atoms with E-state index in [4.69, 9.17) is 4.74 Å². The summed E-state index contributed by atoms with van der Waals surface area (Å²) >= 11 is 3.63. The smallest absolute Gasteiger partial charge is 0.0981 e. The third kappa shape index (κ3) is 3.25. The molecule has 144 valence electrons. The summed E-state index contributed by atoms with van der Waals surface area (Å²) in [5.41, 5.74) is 2.06. The predicted octanol–water partition coefficient (Wildman–Crippen LogP) is 5.01. The van der Waals surface area contributed by atoms with Crippen LogP contribution in [-0.2, 0) is 27.7 Å². The molecule has 0 heterocycles. The van der Waals surface area contributed by atoms with Crippen molar-refractivity contribution in [2.75, 3.05) is 7.11 Å². The van der Waals surface area contributed by atoms with E-state index in [0.29, 0.717) is 6.10 Å². The Kier molecular flexibility index (Phi) is 5.57. The maximum Gasteiger partial charge on any atom is 0.0981 e. The van der Waals surface area contributed by atoms with Gasteiger partial charge in [-0.15, -0.1) is 6.58 Å². The van der Waals surface area contributed by atoms with E-state index in [0.717, 1.165) is 36.6 Å². The van der Waals surface area contributed by atoms with Crippen LogP contribution in [-0.4, -0.2) is 22.2 Å². The molecule has 0 amide bonds. The molecule has 0 aromatic heterocycles. The monoisotopic (exact) mass is 439 g/mol. The number of hydrogen-bond donors (Lipinski definition) is 1. The summed E-state index contributed by atoms with van der Waals surface area (Å²) in [6.07, 6.45) is 7.48. The minimum atomic E-state index is -1.19. The Hall–Kier alpha value is -0.490. The predicted molar refractivity (Wildman–Crippen MR) is 112 cm³/mol. The molecule has 1 aromatic rings. The largest absolute Gasteiger partial charge is 0.381 e. The topological polar surface area (TPSA) is 38.3 Å². The molecule has 2 aliphatic rings. The van der Waals surface area contributed by atoms with Crippen molar-refractivity contribution in [1.29, 1.82) is 0 Å². The van der Waals surface area contributed by atoms with Crippen molar-refractivity contribution in [3.8, 4) is 0 Å². The summed E-state index contributed by atoms with van der Waals surface area (Å²) in [5, 5.41) is 0. The van der Waals surface area contributed by atoms with Gasteiger partial charge in [-0.3, -0.25) is 0 Å². The standard InChI is InChI=1S/C21H30BrNO2S/c1-6-21(23-26(24)19(2,3)4)18-13-16(22)8-7-15(18)14-20(21)11-9-17(25-5)10-12-20/h6-8,13,17,23H,1,9-12,14H2,2-5H3. The molecule has 26 heavy (non-hydrogen) atoms. The van der Waals surface area contributed by atoms with E-state index in [-0.39, 0.29) is 10.2 Å². The van der Waals surface area contributed by atoms with Crippen LogP contribution in [0.15, 0.2) is 35.3 Å². The lowest BCUT2D eigenvalue weighted by molar-refractivity contribution is 0.00382. The lowest BCUT2D eigenvalue weighted by Gasteiger charge is -2.49. The Morgan fingerprint density at radius 3 is 2.54 bits per heavy atom. The number of methoxy groups -OCH3 is 1. The van der Waals surface area contributed by atoms with E-state index in [1.807, 2.05) is 26.8 Å². The van der Waals surface area contributed by atoms with Crippen LogP contribution in [0.4, 0.5) is 0 Å². The second-order valence-corrected chi connectivity index (χ2v) is 11.6. The maximum atomic E-state index is 13.1. The first-order valence-electron chi connectivity index (χ1n) is 9.32. The Morgan fingerprint density at radius 1 is 1.35 bits per heavy atom. The molecule has 2 atom stereocenters. The molecule has 0 bridgehead atoms. The quantitative estimate of drug-likeness (QED) is 0.669. The van der Waals surface area contributed by atoms with Crippen LogP contribution in [0.3, 0.4) is 0 Å². The Labute approximate surface area is 168 Å². The molecule has 3 nitrogen and oxygen atoms in total. The zero-order valence-corrected chi connectivity index (χ0v) is 18.6. The van der Waals surface area contributed by atoms with E-state index in [1.165, 1.54) is 11.1 Å². The number of nitrogens with one attached hydrogen (secondary N) is 1. The van der Waals surface area contributed by atoms with Crippen molar-refractivity contribution in [3.63, 3.8) is 0 Å².